The lowest BCUT2D eigenvalue weighted by molar-refractivity contribution is -0.143. The molecule has 0 bridgehead atoms. The Hall–Kier alpha value is -3.58. The predicted octanol–water partition coefficient (Wildman–Crippen LogP) is 0.215. The minimum absolute atomic E-state index is 0.155. The molecule has 4 atom stereocenters. The second kappa shape index (κ2) is 14.2. The fourth-order valence-electron chi connectivity index (χ4n) is 3.61. The zero-order valence-electron chi connectivity index (χ0n) is 20.7. The average Bonchev–Trinajstić information content (AvgIpc) is 3.26. The van der Waals surface area contributed by atoms with Gasteiger partial charge in [-0.3, -0.25) is 19.2 Å². The molecule has 3 amide bonds. The van der Waals surface area contributed by atoms with Crippen LogP contribution in [0.4, 0.5) is 0 Å². The lowest BCUT2D eigenvalue weighted by Crippen LogP contribution is -2.56. The standard InChI is InChI=1S/C24H33N5O7S/c1-13(27-22(33)16(25)11-14-12-26-17-6-4-3-5-15(14)17)21(32)28-18(7-8-20(30)31)23(34)29-19(24(35)36)9-10-37-2/h3-6,12-13,16,18-19,26H,7-11,25H2,1-2H3,(H,27,33)(H,28,32)(H,29,34)(H,30,31)(H,35,36). The Balaban J connectivity index is 1.99. The third kappa shape index (κ3) is 9.10. The summed E-state index contributed by atoms with van der Waals surface area (Å²) >= 11 is 1.41. The highest BCUT2D eigenvalue weighted by Gasteiger charge is 2.29. The number of aromatic nitrogens is 1. The number of carboxylic acids is 2. The number of nitrogens with one attached hydrogen (secondary N) is 4. The summed E-state index contributed by atoms with van der Waals surface area (Å²) < 4.78 is 0. The maximum atomic E-state index is 12.7. The number of carboxylic acid groups (broad SMARTS) is 2. The predicted molar refractivity (Wildman–Crippen MR) is 139 cm³/mol. The number of hydrogen-bond donors (Lipinski definition) is 7. The minimum atomic E-state index is -1.31. The van der Waals surface area contributed by atoms with Crippen molar-refractivity contribution in [1.29, 1.82) is 0 Å². The Kier molecular flexibility index (Phi) is 11.4. The van der Waals surface area contributed by atoms with Crippen LogP contribution in [-0.4, -0.2) is 81.0 Å². The van der Waals surface area contributed by atoms with Gasteiger partial charge in [0.25, 0.3) is 0 Å². The first-order chi connectivity index (χ1) is 17.5. The summed E-state index contributed by atoms with van der Waals surface area (Å²) in [5, 5.41) is 26.6. The average molecular weight is 536 g/mol. The van der Waals surface area contributed by atoms with E-state index in [0.717, 1.165) is 16.5 Å². The van der Waals surface area contributed by atoms with E-state index in [1.54, 1.807) is 12.5 Å². The molecule has 0 aliphatic rings. The van der Waals surface area contributed by atoms with Crippen molar-refractivity contribution in [1.82, 2.24) is 20.9 Å². The quantitative estimate of drug-likeness (QED) is 0.166. The molecule has 1 aromatic carbocycles. The molecule has 202 valence electrons. The monoisotopic (exact) mass is 535 g/mol. The molecule has 0 aliphatic heterocycles. The van der Waals surface area contributed by atoms with Crippen LogP contribution in [0.2, 0.25) is 0 Å². The van der Waals surface area contributed by atoms with Crippen LogP contribution >= 0.6 is 11.8 Å². The smallest absolute Gasteiger partial charge is 0.326 e. The summed E-state index contributed by atoms with van der Waals surface area (Å²) in [4.78, 5) is 63.7. The van der Waals surface area contributed by atoms with E-state index in [-0.39, 0.29) is 19.3 Å². The number of para-hydroxylation sites is 1. The molecular weight excluding hydrogens is 502 g/mol. The summed E-state index contributed by atoms with van der Waals surface area (Å²) in [5.74, 6) is -4.09. The number of thioether (sulfide) groups is 1. The van der Waals surface area contributed by atoms with Gasteiger partial charge in [-0.2, -0.15) is 11.8 Å². The number of carbonyl (C=O) groups is 5. The van der Waals surface area contributed by atoms with Crippen LogP contribution in [0.25, 0.3) is 10.9 Å². The van der Waals surface area contributed by atoms with Crippen LogP contribution < -0.4 is 21.7 Å². The van der Waals surface area contributed by atoms with Gasteiger partial charge in [-0.15, -0.1) is 0 Å². The number of amides is 3. The van der Waals surface area contributed by atoms with E-state index in [1.807, 2.05) is 24.3 Å². The van der Waals surface area contributed by atoms with Crippen LogP contribution in [0.5, 0.6) is 0 Å². The van der Waals surface area contributed by atoms with Gasteiger partial charge in [0.05, 0.1) is 6.04 Å². The molecule has 0 aliphatic carbocycles. The topological polar surface area (TPSA) is 204 Å². The van der Waals surface area contributed by atoms with E-state index in [9.17, 15) is 29.1 Å². The third-order valence-corrected chi connectivity index (χ3v) is 6.35. The highest BCUT2D eigenvalue weighted by atomic mass is 32.2. The number of hydrogen-bond acceptors (Lipinski definition) is 7. The number of carbonyl (C=O) groups excluding carboxylic acids is 3. The van der Waals surface area contributed by atoms with Crippen molar-refractivity contribution in [3.8, 4) is 0 Å². The van der Waals surface area contributed by atoms with E-state index in [4.69, 9.17) is 10.8 Å². The van der Waals surface area contributed by atoms with Crippen LogP contribution in [0.1, 0.15) is 31.7 Å². The number of benzene rings is 1. The Bertz CT molecular complexity index is 1120. The van der Waals surface area contributed by atoms with Crippen molar-refractivity contribution >= 4 is 52.3 Å². The summed E-state index contributed by atoms with van der Waals surface area (Å²) in [6, 6.07) is 3.02. The van der Waals surface area contributed by atoms with Crippen LogP contribution in [0, 0.1) is 0 Å². The van der Waals surface area contributed by atoms with E-state index >= 15 is 0 Å². The van der Waals surface area contributed by atoms with Gasteiger partial charge in [0.1, 0.15) is 18.1 Å². The molecule has 12 nitrogen and oxygen atoms in total. The fourth-order valence-corrected chi connectivity index (χ4v) is 4.09. The van der Waals surface area contributed by atoms with Gasteiger partial charge in [-0.05, 0) is 49.8 Å². The van der Waals surface area contributed by atoms with Crippen molar-refractivity contribution in [2.24, 2.45) is 5.73 Å². The van der Waals surface area contributed by atoms with E-state index in [0.29, 0.717) is 5.75 Å². The molecule has 37 heavy (non-hydrogen) atoms. The lowest BCUT2D eigenvalue weighted by Gasteiger charge is -2.23. The number of H-pyrrole nitrogens is 1. The maximum Gasteiger partial charge on any atom is 0.326 e. The van der Waals surface area contributed by atoms with Gasteiger partial charge in [0.15, 0.2) is 0 Å². The molecule has 8 N–H and O–H groups in total. The molecule has 4 unspecified atom stereocenters. The van der Waals surface area contributed by atoms with Crippen molar-refractivity contribution in [2.45, 2.75) is 56.8 Å². The van der Waals surface area contributed by atoms with Crippen LogP contribution in [-0.2, 0) is 30.4 Å². The Labute approximate surface area is 218 Å². The summed E-state index contributed by atoms with van der Waals surface area (Å²) in [6.45, 7) is 1.40. The first kappa shape index (κ1) is 29.6. The van der Waals surface area contributed by atoms with Crippen LogP contribution in [0.3, 0.4) is 0 Å². The number of aromatic amines is 1. The highest BCUT2D eigenvalue weighted by molar-refractivity contribution is 7.98. The highest BCUT2D eigenvalue weighted by Crippen LogP contribution is 2.18. The molecule has 13 heteroatoms. The van der Waals surface area contributed by atoms with Crippen molar-refractivity contribution in [3.05, 3.63) is 36.0 Å². The lowest BCUT2D eigenvalue weighted by atomic mass is 10.0. The van der Waals surface area contributed by atoms with E-state index in [2.05, 4.69) is 20.9 Å². The number of rotatable bonds is 15. The Morgan fingerprint density at radius 3 is 2.30 bits per heavy atom. The number of nitrogens with two attached hydrogens (primary N) is 1. The molecule has 0 spiro atoms. The molecule has 2 rings (SSSR count). The van der Waals surface area contributed by atoms with Gasteiger partial charge in [0, 0.05) is 23.5 Å². The maximum absolute atomic E-state index is 12.7. The Morgan fingerprint density at radius 2 is 1.65 bits per heavy atom. The third-order valence-electron chi connectivity index (χ3n) is 5.71. The molecule has 1 aromatic heterocycles. The molecule has 0 saturated heterocycles. The van der Waals surface area contributed by atoms with Crippen molar-refractivity contribution in [3.63, 3.8) is 0 Å². The molecule has 2 aromatic rings. The fraction of sp³-hybridized carbons (Fsp3) is 0.458. The molecule has 0 fully saturated rings. The molecular formula is C24H33N5O7S. The van der Waals surface area contributed by atoms with Gasteiger partial charge < -0.3 is 36.9 Å². The second-order valence-electron chi connectivity index (χ2n) is 8.57. The molecule has 1 heterocycles. The molecule has 0 saturated carbocycles. The van der Waals surface area contributed by atoms with Gasteiger partial charge in [0.2, 0.25) is 17.7 Å². The van der Waals surface area contributed by atoms with E-state index in [1.165, 1.54) is 18.7 Å². The normalized spacial score (nSPS) is 14.2. The second-order valence-corrected chi connectivity index (χ2v) is 9.56. The van der Waals surface area contributed by atoms with Crippen molar-refractivity contribution in [2.75, 3.05) is 12.0 Å². The zero-order chi connectivity index (χ0) is 27.5. The molecule has 0 radical (unpaired) electrons. The SMILES string of the molecule is CSCCC(NC(=O)C(CCC(=O)O)NC(=O)C(C)NC(=O)C(N)Cc1c[nH]c2ccccc12)C(=O)O. The number of aliphatic carboxylic acids is 2. The van der Waals surface area contributed by atoms with Gasteiger partial charge >= 0.3 is 11.9 Å². The zero-order valence-corrected chi connectivity index (χ0v) is 21.5. The summed E-state index contributed by atoms with van der Waals surface area (Å²) in [7, 11) is 0. The largest absolute Gasteiger partial charge is 0.481 e. The van der Waals surface area contributed by atoms with Crippen LogP contribution in [0.15, 0.2) is 30.5 Å². The van der Waals surface area contributed by atoms with E-state index < -0.39 is 60.2 Å². The Morgan fingerprint density at radius 1 is 0.973 bits per heavy atom. The summed E-state index contributed by atoms with van der Waals surface area (Å²) in [5.41, 5.74) is 7.80. The first-order valence-electron chi connectivity index (χ1n) is 11.7. The summed E-state index contributed by atoms with van der Waals surface area (Å²) in [6.07, 6.45) is 3.24. The van der Waals surface area contributed by atoms with Crippen molar-refractivity contribution < 1.29 is 34.2 Å². The van der Waals surface area contributed by atoms with Gasteiger partial charge in [-0.1, -0.05) is 18.2 Å². The van der Waals surface area contributed by atoms with Gasteiger partial charge in [-0.25, -0.2) is 4.79 Å². The number of fused-ring (bicyclic) bond motifs is 1. The minimum Gasteiger partial charge on any atom is -0.481 e. The first-order valence-corrected chi connectivity index (χ1v) is 13.1.